The highest BCUT2D eigenvalue weighted by atomic mass is 16.3. The summed E-state index contributed by atoms with van der Waals surface area (Å²) in [6.45, 7) is 2.22. The minimum Gasteiger partial charge on any atom is -0.394 e. The summed E-state index contributed by atoms with van der Waals surface area (Å²) in [5, 5.41) is 12.5. The number of unbranched alkanes of at least 4 members (excludes halogenated alkanes) is 2. The van der Waals surface area contributed by atoms with E-state index in [0.29, 0.717) is 6.42 Å². The second kappa shape index (κ2) is 6.89. The molecule has 94 valence electrons. The van der Waals surface area contributed by atoms with Crippen molar-refractivity contribution in [1.29, 1.82) is 0 Å². The second-order valence-electron chi connectivity index (χ2n) is 5.00. The molecule has 1 rings (SSSR count). The maximum atomic E-state index is 11.7. The van der Waals surface area contributed by atoms with Gasteiger partial charge in [-0.05, 0) is 19.3 Å². The van der Waals surface area contributed by atoms with Gasteiger partial charge in [-0.15, -0.1) is 0 Å². The molecule has 0 bridgehead atoms. The number of hydrogen-bond acceptors (Lipinski definition) is 2. The van der Waals surface area contributed by atoms with Crippen LogP contribution in [-0.2, 0) is 4.79 Å². The van der Waals surface area contributed by atoms with Gasteiger partial charge in [0.1, 0.15) is 0 Å². The van der Waals surface area contributed by atoms with Crippen molar-refractivity contribution < 1.29 is 9.90 Å². The van der Waals surface area contributed by atoms with E-state index in [1.807, 2.05) is 0 Å². The molecular formula is C13H25NO2. The molecule has 2 N–H and O–H groups in total. The lowest BCUT2D eigenvalue weighted by molar-refractivity contribution is -0.124. The van der Waals surface area contributed by atoms with Crippen LogP contribution in [0.15, 0.2) is 0 Å². The highest BCUT2D eigenvalue weighted by Crippen LogP contribution is 2.27. The fraction of sp³-hybridized carbons (Fsp3) is 0.923. The van der Waals surface area contributed by atoms with Crippen LogP contribution in [0.1, 0.15) is 64.7 Å². The largest absolute Gasteiger partial charge is 0.394 e. The molecule has 0 spiro atoms. The molecule has 0 aliphatic heterocycles. The molecule has 1 aliphatic rings. The lowest BCUT2D eigenvalue weighted by atomic mass is 9.82. The van der Waals surface area contributed by atoms with Gasteiger partial charge in [0, 0.05) is 6.42 Å². The van der Waals surface area contributed by atoms with Gasteiger partial charge < -0.3 is 10.4 Å². The smallest absolute Gasteiger partial charge is 0.220 e. The highest BCUT2D eigenvalue weighted by molar-refractivity contribution is 5.76. The number of carbonyl (C=O) groups is 1. The zero-order valence-electron chi connectivity index (χ0n) is 10.4. The van der Waals surface area contributed by atoms with Gasteiger partial charge in [-0.1, -0.05) is 39.0 Å². The topological polar surface area (TPSA) is 49.3 Å². The van der Waals surface area contributed by atoms with Crippen LogP contribution in [0.2, 0.25) is 0 Å². The zero-order chi connectivity index (χ0) is 11.9. The molecule has 0 saturated heterocycles. The van der Waals surface area contributed by atoms with Crippen molar-refractivity contribution in [3.05, 3.63) is 0 Å². The van der Waals surface area contributed by atoms with Crippen LogP contribution in [0.5, 0.6) is 0 Å². The van der Waals surface area contributed by atoms with E-state index in [0.717, 1.165) is 44.9 Å². The monoisotopic (exact) mass is 227 g/mol. The SMILES string of the molecule is CCCCCC(=O)NC1(CO)CCCCC1. The van der Waals surface area contributed by atoms with Crippen LogP contribution in [0.3, 0.4) is 0 Å². The molecule has 0 aromatic heterocycles. The molecule has 3 nitrogen and oxygen atoms in total. The Morgan fingerprint density at radius 1 is 1.25 bits per heavy atom. The number of aliphatic hydroxyl groups excluding tert-OH is 1. The molecule has 3 heteroatoms. The summed E-state index contributed by atoms with van der Waals surface area (Å²) in [6.07, 6.45) is 9.16. The summed E-state index contributed by atoms with van der Waals surface area (Å²) >= 11 is 0. The first-order chi connectivity index (χ1) is 7.72. The number of amides is 1. The summed E-state index contributed by atoms with van der Waals surface area (Å²) in [5.74, 6) is 0.115. The minimum atomic E-state index is -0.304. The van der Waals surface area contributed by atoms with Crippen LogP contribution in [0.25, 0.3) is 0 Å². The first-order valence-electron chi connectivity index (χ1n) is 6.64. The number of nitrogens with one attached hydrogen (secondary N) is 1. The summed E-state index contributed by atoms with van der Waals surface area (Å²) in [6, 6.07) is 0. The Labute approximate surface area is 98.6 Å². The van der Waals surface area contributed by atoms with E-state index in [-0.39, 0.29) is 18.1 Å². The van der Waals surface area contributed by atoms with Crippen molar-refractivity contribution in [3.63, 3.8) is 0 Å². The van der Waals surface area contributed by atoms with Gasteiger partial charge in [0.05, 0.1) is 12.1 Å². The highest BCUT2D eigenvalue weighted by Gasteiger charge is 2.32. The van der Waals surface area contributed by atoms with E-state index in [1.54, 1.807) is 0 Å². The maximum absolute atomic E-state index is 11.7. The fourth-order valence-corrected chi connectivity index (χ4v) is 2.45. The molecule has 0 atom stereocenters. The molecule has 0 aromatic rings. The first-order valence-corrected chi connectivity index (χ1v) is 6.64. The maximum Gasteiger partial charge on any atom is 0.220 e. The van der Waals surface area contributed by atoms with Gasteiger partial charge in [-0.3, -0.25) is 4.79 Å². The van der Waals surface area contributed by atoms with Gasteiger partial charge in [0.25, 0.3) is 0 Å². The van der Waals surface area contributed by atoms with Crippen LogP contribution >= 0.6 is 0 Å². The molecule has 1 saturated carbocycles. The molecule has 1 fully saturated rings. The van der Waals surface area contributed by atoms with E-state index in [9.17, 15) is 9.90 Å². The standard InChI is InChI=1S/C13H25NO2/c1-2-3-5-8-12(16)14-13(11-15)9-6-4-7-10-13/h15H,2-11H2,1H3,(H,14,16). The van der Waals surface area contributed by atoms with Crippen molar-refractivity contribution in [3.8, 4) is 0 Å². The molecule has 0 heterocycles. The lowest BCUT2D eigenvalue weighted by Gasteiger charge is -2.36. The Kier molecular flexibility index (Phi) is 5.81. The molecule has 1 amide bonds. The van der Waals surface area contributed by atoms with Crippen LogP contribution < -0.4 is 5.32 Å². The Balaban J connectivity index is 2.33. The number of carbonyl (C=O) groups excluding carboxylic acids is 1. The average Bonchev–Trinajstić information content (AvgIpc) is 2.30. The molecule has 0 unspecified atom stereocenters. The van der Waals surface area contributed by atoms with Crippen LogP contribution in [0.4, 0.5) is 0 Å². The number of rotatable bonds is 6. The predicted molar refractivity (Wildman–Crippen MR) is 65.2 cm³/mol. The van der Waals surface area contributed by atoms with Crippen molar-refractivity contribution in [2.45, 2.75) is 70.3 Å². The molecule has 0 radical (unpaired) electrons. The first kappa shape index (κ1) is 13.5. The summed E-state index contributed by atoms with van der Waals surface area (Å²) in [7, 11) is 0. The predicted octanol–water partition coefficient (Wildman–Crippen LogP) is 2.38. The quantitative estimate of drug-likeness (QED) is 0.684. The second-order valence-corrected chi connectivity index (χ2v) is 5.00. The van der Waals surface area contributed by atoms with Crippen LogP contribution in [-0.4, -0.2) is 23.2 Å². The molecule has 1 aliphatic carbocycles. The fourth-order valence-electron chi connectivity index (χ4n) is 2.45. The third-order valence-electron chi connectivity index (χ3n) is 3.53. The third-order valence-corrected chi connectivity index (χ3v) is 3.53. The number of hydrogen-bond donors (Lipinski definition) is 2. The number of aliphatic hydroxyl groups is 1. The Bertz CT molecular complexity index is 210. The lowest BCUT2D eigenvalue weighted by Crippen LogP contribution is -2.52. The normalized spacial score (nSPS) is 19.4. The zero-order valence-corrected chi connectivity index (χ0v) is 10.4. The van der Waals surface area contributed by atoms with Crippen molar-refractivity contribution in [1.82, 2.24) is 5.32 Å². The summed E-state index contributed by atoms with van der Waals surface area (Å²) in [5.41, 5.74) is -0.304. The van der Waals surface area contributed by atoms with Crippen molar-refractivity contribution in [2.75, 3.05) is 6.61 Å². The van der Waals surface area contributed by atoms with E-state index >= 15 is 0 Å². The third kappa shape index (κ3) is 4.12. The Morgan fingerprint density at radius 2 is 1.94 bits per heavy atom. The van der Waals surface area contributed by atoms with E-state index in [1.165, 1.54) is 6.42 Å². The van der Waals surface area contributed by atoms with E-state index in [4.69, 9.17) is 0 Å². The van der Waals surface area contributed by atoms with Crippen molar-refractivity contribution >= 4 is 5.91 Å². The Hall–Kier alpha value is -0.570. The van der Waals surface area contributed by atoms with E-state index in [2.05, 4.69) is 12.2 Å². The minimum absolute atomic E-state index is 0.0898. The summed E-state index contributed by atoms with van der Waals surface area (Å²) in [4.78, 5) is 11.7. The van der Waals surface area contributed by atoms with E-state index < -0.39 is 0 Å². The molecular weight excluding hydrogens is 202 g/mol. The average molecular weight is 227 g/mol. The van der Waals surface area contributed by atoms with Gasteiger partial charge in [-0.2, -0.15) is 0 Å². The molecule has 0 aromatic carbocycles. The van der Waals surface area contributed by atoms with Crippen LogP contribution in [0, 0.1) is 0 Å². The van der Waals surface area contributed by atoms with Gasteiger partial charge in [-0.25, -0.2) is 0 Å². The van der Waals surface area contributed by atoms with Gasteiger partial charge in [0.2, 0.25) is 5.91 Å². The van der Waals surface area contributed by atoms with Crippen molar-refractivity contribution in [2.24, 2.45) is 0 Å². The summed E-state index contributed by atoms with van der Waals surface area (Å²) < 4.78 is 0. The Morgan fingerprint density at radius 3 is 2.50 bits per heavy atom. The molecule has 16 heavy (non-hydrogen) atoms. The van der Waals surface area contributed by atoms with Gasteiger partial charge in [0.15, 0.2) is 0 Å². The van der Waals surface area contributed by atoms with Gasteiger partial charge >= 0.3 is 0 Å².